The van der Waals surface area contributed by atoms with E-state index in [-0.39, 0.29) is 24.3 Å². The first kappa shape index (κ1) is 19.1. The van der Waals surface area contributed by atoms with Gasteiger partial charge in [0.15, 0.2) is 0 Å². The average Bonchev–Trinajstić information content (AvgIpc) is 2.95. The maximum atomic E-state index is 12.7. The van der Waals surface area contributed by atoms with E-state index in [9.17, 15) is 14.4 Å². The topological polar surface area (TPSA) is 91.4 Å². The SMILES string of the molecule is Cc1sc2ncn(CCC(=O)Oc3ccc4c(C)cc(=O)oc4c3)c(=O)c2c1C. The maximum Gasteiger partial charge on any atom is 0.336 e. The third-order valence-corrected chi connectivity index (χ3v) is 5.98. The molecule has 0 saturated carbocycles. The van der Waals surface area contributed by atoms with E-state index in [1.165, 1.54) is 34.4 Å². The third kappa shape index (κ3) is 3.58. The largest absolute Gasteiger partial charge is 0.426 e. The number of benzene rings is 1. The molecule has 148 valence electrons. The van der Waals surface area contributed by atoms with Gasteiger partial charge >= 0.3 is 11.6 Å². The minimum atomic E-state index is -0.496. The van der Waals surface area contributed by atoms with E-state index in [0.717, 1.165) is 21.4 Å². The summed E-state index contributed by atoms with van der Waals surface area (Å²) in [5.41, 5.74) is 1.45. The van der Waals surface area contributed by atoms with Gasteiger partial charge in [0.2, 0.25) is 0 Å². The van der Waals surface area contributed by atoms with Crippen LogP contribution in [-0.2, 0) is 11.3 Å². The molecule has 8 heteroatoms. The molecule has 0 fully saturated rings. The fourth-order valence-corrected chi connectivity index (χ4v) is 4.18. The second-order valence-electron chi connectivity index (χ2n) is 6.84. The van der Waals surface area contributed by atoms with Crippen molar-refractivity contribution in [2.45, 2.75) is 33.7 Å². The van der Waals surface area contributed by atoms with E-state index in [1.54, 1.807) is 12.1 Å². The van der Waals surface area contributed by atoms with Crippen molar-refractivity contribution in [2.24, 2.45) is 0 Å². The molecule has 29 heavy (non-hydrogen) atoms. The first-order valence-corrected chi connectivity index (χ1v) is 9.85. The number of nitrogens with zero attached hydrogens (tertiary/aromatic N) is 2. The monoisotopic (exact) mass is 410 g/mol. The normalized spacial score (nSPS) is 11.3. The molecule has 0 saturated heterocycles. The molecule has 7 nitrogen and oxygen atoms in total. The summed E-state index contributed by atoms with van der Waals surface area (Å²) in [6.45, 7) is 5.83. The number of fused-ring (bicyclic) bond motifs is 2. The van der Waals surface area contributed by atoms with Gasteiger partial charge in [0.1, 0.15) is 16.2 Å². The maximum absolute atomic E-state index is 12.7. The van der Waals surface area contributed by atoms with Crippen LogP contribution in [0.1, 0.15) is 22.4 Å². The highest BCUT2D eigenvalue weighted by molar-refractivity contribution is 7.18. The predicted octanol–water partition coefficient (Wildman–Crippen LogP) is 3.49. The summed E-state index contributed by atoms with van der Waals surface area (Å²) < 4.78 is 11.9. The first-order chi connectivity index (χ1) is 13.8. The van der Waals surface area contributed by atoms with Gasteiger partial charge in [-0.15, -0.1) is 11.3 Å². The smallest absolute Gasteiger partial charge is 0.336 e. The molecule has 0 aliphatic carbocycles. The van der Waals surface area contributed by atoms with Gasteiger partial charge in [-0.2, -0.15) is 0 Å². The fourth-order valence-electron chi connectivity index (χ4n) is 3.19. The molecule has 0 unspecified atom stereocenters. The number of carbonyl (C=O) groups is 1. The van der Waals surface area contributed by atoms with Gasteiger partial charge in [-0.1, -0.05) is 0 Å². The van der Waals surface area contributed by atoms with Crippen molar-refractivity contribution in [2.75, 3.05) is 0 Å². The predicted molar refractivity (Wildman–Crippen MR) is 111 cm³/mol. The minimum absolute atomic E-state index is 0.00502. The van der Waals surface area contributed by atoms with E-state index >= 15 is 0 Å². The quantitative estimate of drug-likeness (QED) is 0.291. The second kappa shape index (κ2) is 7.29. The minimum Gasteiger partial charge on any atom is -0.426 e. The lowest BCUT2D eigenvalue weighted by molar-refractivity contribution is -0.134. The summed E-state index contributed by atoms with van der Waals surface area (Å²) in [6.07, 6.45) is 1.46. The van der Waals surface area contributed by atoms with Crippen LogP contribution < -0.4 is 15.9 Å². The molecule has 0 bridgehead atoms. The van der Waals surface area contributed by atoms with Crippen molar-refractivity contribution in [3.63, 3.8) is 0 Å². The summed E-state index contributed by atoms with van der Waals surface area (Å²) in [4.78, 5) is 42.6. The molecule has 1 aromatic carbocycles. The number of hydrogen-bond donors (Lipinski definition) is 0. The molecule has 3 heterocycles. The third-order valence-electron chi connectivity index (χ3n) is 4.87. The molecule has 4 aromatic rings. The van der Waals surface area contributed by atoms with Crippen LogP contribution in [0.2, 0.25) is 0 Å². The van der Waals surface area contributed by atoms with Crippen molar-refractivity contribution in [1.82, 2.24) is 9.55 Å². The van der Waals surface area contributed by atoms with E-state index in [0.29, 0.717) is 15.8 Å². The number of aromatic nitrogens is 2. The van der Waals surface area contributed by atoms with Crippen molar-refractivity contribution in [3.8, 4) is 5.75 Å². The number of ether oxygens (including phenoxy) is 1. The highest BCUT2D eigenvalue weighted by atomic mass is 32.1. The summed E-state index contributed by atoms with van der Waals surface area (Å²) >= 11 is 1.48. The number of carbonyl (C=O) groups excluding carboxylic acids is 1. The molecule has 0 spiro atoms. The lowest BCUT2D eigenvalue weighted by atomic mass is 10.1. The highest BCUT2D eigenvalue weighted by Crippen LogP contribution is 2.25. The van der Waals surface area contributed by atoms with E-state index in [2.05, 4.69) is 4.98 Å². The summed E-state index contributed by atoms with van der Waals surface area (Å²) in [5, 5.41) is 1.38. The number of rotatable bonds is 4. The standard InChI is InChI=1S/C21H18N2O5S/c1-11-8-18(25)28-16-9-14(4-5-15(11)16)27-17(24)6-7-23-10-22-20-19(21(23)26)12(2)13(3)29-20/h4-5,8-10H,6-7H2,1-3H3. The molecular formula is C21H18N2O5S. The van der Waals surface area contributed by atoms with Gasteiger partial charge in [-0.25, -0.2) is 9.78 Å². The molecule has 0 amide bonds. The Hall–Kier alpha value is -3.26. The van der Waals surface area contributed by atoms with Crippen LogP contribution in [0, 0.1) is 20.8 Å². The van der Waals surface area contributed by atoms with Crippen LogP contribution in [-0.4, -0.2) is 15.5 Å². The van der Waals surface area contributed by atoms with Gasteiger partial charge in [-0.3, -0.25) is 14.2 Å². The molecule has 0 aliphatic rings. The molecule has 0 aliphatic heterocycles. The Morgan fingerprint density at radius 1 is 1.21 bits per heavy atom. The van der Waals surface area contributed by atoms with E-state index in [1.807, 2.05) is 20.8 Å². The van der Waals surface area contributed by atoms with Gasteiger partial charge < -0.3 is 9.15 Å². The van der Waals surface area contributed by atoms with Gasteiger partial charge in [0, 0.05) is 28.9 Å². The zero-order valence-corrected chi connectivity index (χ0v) is 17.0. The lowest BCUT2D eigenvalue weighted by Crippen LogP contribution is -2.23. The summed E-state index contributed by atoms with van der Waals surface area (Å²) in [7, 11) is 0. The summed E-state index contributed by atoms with van der Waals surface area (Å²) in [6, 6.07) is 6.30. The Balaban J connectivity index is 1.51. The van der Waals surface area contributed by atoms with Crippen LogP contribution in [0.15, 0.2) is 44.6 Å². The molecule has 0 radical (unpaired) electrons. The van der Waals surface area contributed by atoms with E-state index < -0.39 is 11.6 Å². The molecule has 4 rings (SSSR count). The number of hydrogen-bond acceptors (Lipinski definition) is 7. The fraction of sp³-hybridized carbons (Fsp3) is 0.238. The van der Waals surface area contributed by atoms with Crippen LogP contribution in [0.4, 0.5) is 0 Å². The molecular weight excluding hydrogens is 392 g/mol. The average molecular weight is 410 g/mol. The van der Waals surface area contributed by atoms with Crippen LogP contribution >= 0.6 is 11.3 Å². The Labute approximate surface area is 169 Å². The zero-order valence-electron chi connectivity index (χ0n) is 16.1. The second-order valence-corrected chi connectivity index (χ2v) is 8.04. The zero-order chi connectivity index (χ0) is 20.7. The van der Waals surface area contributed by atoms with Crippen molar-refractivity contribution in [3.05, 3.63) is 67.4 Å². The molecule has 0 atom stereocenters. The Morgan fingerprint density at radius 3 is 2.79 bits per heavy atom. The lowest BCUT2D eigenvalue weighted by Gasteiger charge is -2.07. The molecule has 0 N–H and O–H groups in total. The van der Waals surface area contributed by atoms with Gasteiger partial charge in [0.25, 0.3) is 5.56 Å². The van der Waals surface area contributed by atoms with Crippen molar-refractivity contribution in [1.29, 1.82) is 0 Å². The van der Waals surface area contributed by atoms with Crippen LogP contribution in [0.25, 0.3) is 21.2 Å². The number of esters is 1. The molecule has 3 aromatic heterocycles. The summed E-state index contributed by atoms with van der Waals surface area (Å²) in [5.74, 6) is -0.217. The Bertz CT molecular complexity index is 1380. The Morgan fingerprint density at radius 2 is 2.00 bits per heavy atom. The van der Waals surface area contributed by atoms with Crippen molar-refractivity contribution < 1.29 is 13.9 Å². The van der Waals surface area contributed by atoms with Crippen LogP contribution in [0.5, 0.6) is 5.75 Å². The van der Waals surface area contributed by atoms with Gasteiger partial charge in [0.05, 0.1) is 18.1 Å². The van der Waals surface area contributed by atoms with Crippen molar-refractivity contribution >= 4 is 38.5 Å². The van der Waals surface area contributed by atoms with E-state index in [4.69, 9.17) is 9.15 Å². The number of aryl methyl sites for hydroxylation is 4. The number of thiophene rings is 1. The highest BCUT2D eigenvalue weighted by Gasteiger charge is 2.14. The Kier molecular flexibility index (Phi) is 4.79. The first-order valence-electron chi connectivity index (χ1n) is 9.04. The van der Waals surface area contributed by atoms with Gasteiger partial charge in [-0.05, 0) is 44.0 Å². The van der Waals surface area contributed by atoms with Crippen LogP contribution in [0.3, 0.4) is 0 Å².